The van der Waals surface area contributed by atoms with E-state index in [2.05, 4.69) is 10.3 Å². The molecule has 0 saturated carbocycles. The number of carbonyl (C=O) groups is 1. The monoisotopic (exact) mass is 364 g/mol. The van der Waals surface area contributed by atoms with Crippen LogP contribution in [0.2, 0.25) is 0 Å². The van der Waals surface area contributed by atoms with Crippen LogP contribution in [0.4, 0.5) is 10.1 Å². The number of fused-ring (bicyclic) bond motifs is 1. The molecule has 3 rings (SSSR count). The molecule has 0 spiro atoms. The van der Waals surface area contributed by atoms with Gasteiger partial charge in [-0.3, -0.25) is 9.47 Å². The van der Waals surface area contributed by atoms with Crippen molar-refractivity contribution >= 4 is 22.6 Å². The van der Waals surface area contributed by atoms with Gasteiger partial charge in [0.1, 0.15) is 16.8 Å². The molecule has 0 aliphatic carbocycles. The number of phenols is 1. The summed E-state index contributed by atoms with van der Waals surface area (Å²) in [6, 6.07) is 1.16. The highest BCUT2D eigenvalue weighted by Gasteiger charge is 2.28. The van der Waals surface area contributed by atoms with Gasteiger partial charge in [-0.2, -0.15) is 0 Å². The molecule has 1 unspecified atom stereocenters. The summed E-state index contributed by atoms with van der Waals surface area (Å²) < 4.78 is 16.0. The van der Waals surface area contributed by atoms with E-state index in [1.165, 1.54) is 11.7 Å². The number of nitrogens with one attached hydrogen (secondary N) is 1. The van der Waals surface area contributed by atoms with Gasteiger partial charge < -0.3 is 25.4 Å². The Balaban J connectivity index is 2.27. The number of phenolic OH excluding ortho intramolecular Hbond substituents is 1. The second-order valence-corrected chi connectivity index (χ2v) is 6.50. The van der Waals surface area contributed by atoms with Crippen LogP contribution >= 0.6 is 0 Å². The van der Waals surface area contributed by atoms with Gasteiger partial charge in [0.25, 0.3) is 0 Å². The first-order valence-electron chi connectivity index (χ1n) is 8.23. The molecule has 1 saturated heterocycles. The smallest absolute Gasteiger partial charge is 0.341 e. The summed E-state index contributed by atoms with van der Waals surface area (Å²) >= 11 is 0. The Hall–Kier alpha value is -2.81. The molecule has 1 fully saturated rings. The molecule has 1 aliphatic rings. The minimum Gasteiger partial charge on any atom is -0.504 e. The van der Waals surface area contributed by atoms with Crippen LogP contribution in [-0.2, 0) is 0 Å². The van der Waals surface area contributed by atoms with Crippen LogP contribution in [0.3, 0.4) is 0 Å². The third-order valence-corrected chi connectivity index (χ3v) is 4.94. The summed E-state index contributed by atoms with van der Waals surface area (Å²) in [6.07, 6.45) is 1.08. The van der Waals surface area contributed by atoms with Crippen LogP contribution in [-0.4, -0.2) is 65.5 Å². The quantitative estimate of drug-likeness (QED) is 0.743. The number of nitrogens with zero attached hydrogens (tertiary/aromatic N) is 3. The summed E-state index contributed by atoms with van der Waals surface area (Å²) in [4.78, 5) is 27.6. The number of aromatic carboxylic acids is 1. The number of hydrogen-bond donors (Lipinski definition) is 3. The molecule has 1 aromatic heterocycles. The highest BCUT2D eigenvalue weighted by Crippen LogP contribution is 2.37. The van der Waals surface area contributed by atoms with E-state index in [1.807, 2.05) is 14.0 Å². The van der Waals surface area contributed by atoms with Crippen molar-refractivity contribution in [3.63, 3.8) is 0 Å². The molecule has 1 atom stereocenters. The fraction of sp³-hybridized carbons (Fsp3) is 0.412. The zero-order valence-electron chi connectivity index (χ0n) is 14.8. The van der Waals surface area contributed by atoms with Gasteiger partial charge in [0.05, 0.1) is 5.39 Å². The topological polar surface area (TPSA) is 98.0 Å². The SMILES string of the molecule is CNn1cc(C(=O)O)c(=O)c2cc(F)c(N3CCN(C)C(C)C3)c(O)c21. The fourth-order valence-corrected chi connectivity index (χ4v) is 3.31. The van der Waals surface area contributed by atoms with Crippen molar-refractivity contribution in [1.82, 2.24) is 9.58 Å². The number of aromatic hydroxyl groups is 1. The van der Waals surface area contributed by atoms with Gasteiger partial charge >= 0.3 is 5.97 Å². The largest absolute Gasteiger partial charge is 0.504 e. The third kappa shape index (κ3) is 2.74. The number of anilines is 1. The number of benzene rings is 1. The molecular formula is C17H21FN4O4. The number of aromatic nitrogens is 1. The molecule has 0 amide bonds. The van der Waals surface area contributed by atoms with Crippen molar-refractivity contribution in [3.05, 3.63) is 33.9 Å². The second-order valence-electron chi connectivity index (χ2n) is 6.50. The van der Waals surface area contributed by atoms with Crippen molar-refractivity contribution in [2.75, 3.05) is 44.1 Å². The first-order valence-corrected chi connectivity index (χ1v) is 8.23. The second kappa shape index (κ2) is 6.49. The van der Waals surface area contributed by atoms with E-state index in [1.54, 1.807) is 4.90 Å². The molecule has 1 aromatic carbocycles. The lowest BCUT2D eigenvalue weighted by Gasteiger charge is -2.39. The summed E-state index contributed by atoms with van der Waals surface area (Å²) in [7, 11) is 3.49. The minimum absolute atomic E-state index is 0.0175. The highest BCUT2D eigenvalue weighted by molar-refractivity contribution is 5.96. The van der Waals surface area contributed by atoms with E-state index in [0.29, 0.717) is 19.6 Å². The Morgan fingerprint density at radius 1 is 1.38 bits per heavy atom. The number of piperazine rings is 1. The van der Waals surface area contributed by atoms with Gasteiger partial charge in [-0.15, -0.1) is 0 Å². The lowest BCUT2D eigenvalue weighted by atomic mass is 10.1. The number of likely N-dealkylation sites (N-methyl/N-ethyl adjacent to an activating group) is 1. The molecule has 26 heavy (non-hydrogen) atoms. The van der Waals surface area contributed by atoms with E-state index >= 15 is 0 Å². The maximum atomic E-state index is 14.8. The van der Waals surface area contributed by atoms with Crippen molar-refractivity contribution in [1.29, 1.82) is 0 Å². The first kappa shape index (κ1) is 18.0. The number of hydrogen-bond acceptors (Lipinski definition) is 6. The minimum atomic E-state index is -1.42. The molecule has 0 bridgehead atoms. The van der Waals surface area contributed by atoms with Crippen LogP contribution in [0.1, 0.15) is 17.3 Å². The summed E-state index contributed by atoms with van der Waals surface area (Å²) in [5.74, 6) is -2.56. The van der Waals surface area contributed by atoms with Crippen LogP contribution in [0.15, 0.2) is 17.1 Å². The van der Waals surface area contributed by atoms with Crippen molar-refractivity contribution in [3.8, 4) is 5.75 Å². The molecule has 9 heteroatoms. The average molecular weight is 364 g/mol. The van der Waals surface area contributed by atoms with Gasteiger partial charge in [0, 0.05) is 38.9 Å². The van der Waals surface area contributed by atoms with Gasteiger partial charge in [0.15, 0.2) is 11.6 Å². The Bertz CT molecular complexity index is 943. The van der Waals surface area contributed by atoms with Crippen molar-refractivity contribution in [2.45, 2.75) is 13.0 Å². The molecule has 3 N–H and O–H groups in total. The molecule has 0 radical (unpaired) electrons. The van der Waals surface area contributed by atoms with Gasteiger partial charge in [-0.05, 0) is 20.0 Å². The molecule has 1 aliphatic heterocycles. The van der Waals surface area contributed by atoms with E-state index in [0.717, 1.165) is 12.3 Å². The van der Waals surface area contributed by atoms with Gasteiger partial charge in [-0.1, -0.05) is 0 Å². The molecule has 2 heterocycles. The first-order chi connectivity index (χ1) is 12.3. The number of rotatable bonds is 3. The Kier molecular flexibility index (Phi) is 4.49. The summed E-state index contributed by atoms with van der Waals surface area (Å²) in [6.45, 7) is 3.75. The number of pyridine rings is 1. The van der Waals surface area contributed by atoms with Crippen LogP contribution in [0.25, 0.3) is 10.9 Å². The van der Waals surface area contributed by atoms with Crippen LogP contribution in [0, 0.1) is 5.82 Å². The molecule has 8 nitrogen and oxygen atoms in total. The number of carboxylic acid groups (broad SMARTS) is 1. The van der Waals surface area contributed by atoms with Crippen LogP contribution < -0.4 is 15.8 Å². The van der Waals surface area contributed by atoms with E-state index in [9.17, 15) is 24.2 Å². The maximum Gasteiger partial charge on any atom is 0.341 e. The van der Waals surface area contributed by atoms with Gasteiger partial charge in [0.2, 0.25) is 5.43 Å². The van der Waals surface area contributed by atoms with Crippen LogP contribution in [0.5, 0.6) is 5.75 Å². The van der Waals surface area contributed by atoms with Crippen molar-refractivity contribution < 1.29 is 19.4 Å². The molecule has 2 aromatic rings. The zero-order valence-corrected chi connectivity index (χ0v) is 14.8. The van der Waals surface area contributed by atoms with E-state index < -0.39 is 22.8 Å². The highest BCUT2D eigenvalue weighted by atomic mass is 19.1. The Morgan fingerprint density at radius 2 is 2.08 bits per heavy atom. The Labute approximate surface area is 149 Å². The Morgan fingerprint density at radius 3 is 2.65 bits per heavy atom. The third-order valence-electron chi connectivity index (χ3n) is 4.94. The van der Waals surface area contributed by atoms with E-state index in [4.69, 9.17) is 0 Å². The fourth-order valence-electron chi connectivity index (χ4n) is 3.31. The predicted molar refractivity (Wildman–Crippen MR) is 96.4 cm³/mol. The summed E-state index contributed by atoms with van der Waals surface area (Å²) in [5.41, 5.74) is 1.42. The van der Waals surface area contributed by atoms with Gasteiger partial charge in [-0.25, -0.2) is 9.18 Å². The van der Waals surface area contributed by atoms with E-state index in [-0.39, 0.29) is 28.4 Å². The molecule has 140 valence electrons. The lowest BCUT2D eigenvalue weighted by Crippen LogP contribution is -2.50. The summed E-state index contributed by atoms with van der Waals surface area (Å²) in [5, 5.41) is 19.7. The normalized spacial score (nSPS) is 18.3. The molecular weight excluding hydrogens is 343 g/mol. The standard InChI is InChI=1S/C17H21FN4O4/c1-9-7-21(5-4-20(9)3)14-12(18)6-10-13(16(14)24)22(19-2)8-11(15(10)23)17(25)26/h6,8-9,19,24H,4-5,7H2,1-3H3,(H,25,26). The lowest BCUT2D eigenvalue weighted by molar-refractivity contribution is 0.0695. The average Bonchev–Trinajstić information content (AvgIpc) is 2.58. The number of carboxylic acids is 1. The zero-order chi connectivity index (χ0) is 19.2. The predicted octanol–water partition coefficient (Wildman–Crippen LogP) is 0.858. The maximum absolute atomic E-state index is 14.8. The number of halogens is 1. The van der Waals surface area contributed by atoms with Crippen molar-refractivity contribution in [2.24, 2.45) is 0 Å².